The third-order valence-electron chi connectivity index (χ3n) is 4.66. The van der Waals surface area contributed by atoms with Crippen LogP contribution >= 0.6 is 24.0 Å². The SMILES string of the molecule is CCNC(=NCC1CCc2nnc(C)n2C1)NCC1CCOC1.I. The number of fused-ring (bicyclic) bond motifs is 1. The lowest BCUT2D eigenvalue weighted by Crippen LogP contribution is -2.40. The second-order valence-corrected chi connectivity index (χ2v) is 6.51. The van der Waals surface area contributed by atoms with Gasteiger partial charge in [-0.1, -0.05) is 0 Å². The minimum Gasteiger partial charge on any atom is -0.381 e. The molecule has 0 saturated carbocycles. The van der Waals surface area contributed by atoms with E-state index in [0.717, 1.165) is 76.3 Å². The van der Waals surface area contributed by atoms with Gasteiger partial charge < -0.3 is 19.9 Å². The predicted octanol–water partition coefficient (Wildman–Crippen LogP) is 1.36. The molecule has 0 bridgehead atoms. The number of halogens is 1. The van der Waals surface area contributed by atoms with Crippen molar-refractivity contribution in [1.29, 1.82) is 0 Å². The molecule has 0 amide bonds. The number of nitrogens with zero attached hydrogens (tertiary/aromatic N) is 4. The lowest BCUT2D eigenvalue weighted by Gasteiger charge is -2.23. The third-order valence-corrected chi connectivity index (χ3v) is 4.66. The van der Waals surface area contributed by atoms with Gasteiger partial charge in [0.15, 0.2) is 5.96 Å². The van der Waals surface area contributed by atoms with Crippen LogP contribution < -0.4 is 10.6 Å². The van der Waals surface area contributed by atoms with Crippen LogP contribution in [0.1, 0.15) is 31.4 Å². The molecule has 0 aromatic carbocycles. The van der Waals surface area contributed by atoms with Crippen molar-refractivity contribution in [3.63, 3.8) is 0 Å². The Morgan fingerprint density at radius 1 is 1.29 bits per heavy atom. The van der Waals surface area contributed by atoms with Crippen molar-refractivity contribution in [2.75, 3.05) is 32.8 Å². The van der Waals surface area contributed by atoms with Gasteiger partial charge in [-0.3, -0.25) is 4.99 Å². The van der Waals surface area contributed by atoms with Crippen LogP contribution in [0.3, 0.4) is 0 Å². The highest BCUT2D eigenvalue weighted by molar-refractivity contribution is 14.0. The van der Waals surface area contributed by atoms with E-state index in [1.807, 2.05) is 6.92 Å². The molecule has 3 rings (SSSR count). The molecule has 2 unspecified atom stereocenters. The maximum Gasteiger partial charge on any atom is 0.191 e. The molecule has 2 aliphatic heterocycles. The van der Waals surface area contributed by atoms with Gasteiger partial charge in [0.25, 0.3) is 0 Å². The first-order valence-electron chi connectivity index (χ1n) is 8.75. The fraction of sp³-hybridized carbons (Fsp3) is 0.812. The van der Waals surface area contributed by atoms with Crippen LogP contribution in [-0.4, -0.2) is 53.6 Å². The average Bonchev–Trinajstić information content (AvgIpc) is 3.20. The van der Waals surface area contributed by atoms with Crippen molar-refractivity contribution in [3.05, 3.63) is 11.6 Å². The lowest BCUT2D eigenvalue weighted by atomic mass is 9.99. The standard InChI is InChI=1S/C16H28N6O.HI/c1-3-17-16(19-9-14-6-7-23-11-14)18-8-13-4-5-15-21-20-12(2)22(15)10-13;/h13-14H,3-11H2,1-2H3,(H2,17,18,19);1H. The summed E-state index contributed by atoms with van der Waals surface area (Å²) in [5.41, 5.74) is 0. The summed E-state index contributed by atoms with van der Waals surface area (Å²) in [5.74, 6) is 4.22. The summed E-state index contributed by atoms with van der Waals surface area (Å²) in [7, 11) is 0. The molecular formula is C16H29IN6O. The van der Waals surface area contributed by atoms with Gasteiger partial charge in [0.2, 0.25) is 0 Å². The van der Waals surface area contributed by atoms with Gasteiger partial charge in [0.1, 0.15) is 11.6 Å². The molecule has 1 aromatic heterocycles. The lowest BCUT2D eigenvalue weighted by molar-refractivity contribution is 0.186. The minimum atomic E-state index is 0. The van der Waals surface area contributed by atoms with E-state index < -0.39 is 0 Å². The van der Waals surface area contributed by atoms with Gasteiger partial charge in [-0.2, -0.15) is 0 Å². The van der Waals surface area contributed by atoms with E-state index in [4.69, 9.17) is 9.73 Å². The molecule has 2 aliphatic rings. The number of ether oxygens (including phenoxy) is 1. The molecule has 1 saturated heterocycles. The molecule has 0 aliphatic carbocycles. The van der Waals surface area contributed by atoms with Crippen LogP contribution in [0.2, 0.25) is 0 Å². The maximum absolute atomic E-state index is 5.43. The number of hydrogen-bond acceptors (Lipinski definition) is 4. The Morgan fingerprint density at radius 2 is 2.17 bits per heavy atom. The maximum atomic E-state index is 5.43. The fourth-order valence-corrected chi connectivity index (χ4v) is 3.23. The zero-order valence-electron chi connectivity index (χ0n) is 14.6. The number of hydrogen-bond donors (Lipinski definition) is 2. The van der Waals surface area contributed by atoms with E-state index in [9.17, 15) is 0 Å². The van der Waals surface area contributed by atoms with Crippen molar-refractivity contribution in [3.8, 4) is 0 Å². The Labute approximate surface area is 161 Å². The summed E-state index contributed by atoms with van der Waals surface area (Å²) in [5, 5.41) is 15.2. The fourth-order valence-electron chi connectivity index (χ4n) is 3.23. The molecule has 24 heavy (non-hydrogen) atoms. The number of aryl methyl sites for hydroxylation is 2. The number of aliphatic imine (C=N–C) groups is 1. The van der Waals surface area contributed by atoms with Crippen LogP contribution in [0.25, 0.3) is 0 Å². The Balaban J connectivity index is 0.00000208. The van der Waals surface area contributed by atoms with Gasteiger partial charge in [0, 0.05) is 45.1 Å². The van der Waals surface area contributed by atoms with Crippen LogP contribution in [0.4, 0.5) is 0 Å². The topological polar surface area (TPSA) is 76.4 Å². The summed E-state index contributed by atoms with van der Waals surface area (Å²) < 4.78 is 7.66. The first-order valence-corrected chi connectivity index (χ1v) is 8.75. The molecule has 1 fully saturated rings. The van der Waals surface area contributed by atoms with E-state index in [1.165, 1.54) is 0 Å². The van der Waals surface area contributed by atoms with Crippen LogP contribution in [0, 0.1) is 18.8 Å². The van der Waals surface area contributed by atoms with Crippen LogP contribution in [-0.2, 0) is 17.7 Å². The van der Waals surface area contributed by atoms with Crippen LogP contribution in [0.15, 0.2) is 4.99 Å². The third kappa shape index (κ3) is 5.05. The van der Waals surface area contributed by atoms with Gasteiger partial charge in [-0.05, 0) is 32.6 Å². The minimum absolute atomic E-state index is 0. The van der Waals surface area contributed by atoms with Gasteiger partial charge >= 0.3 is 0 Å². The highest BCUT2D eigenvalue weighted by atomic mass is 127. The Morgan fingerprint density at radius 3 is 2.92 bits per heavy atom. The first kappa shape index (κ1) is 19.4. The van der Waals surface area contributed by atoms with E-state index >= 15 is 0 Å². The molecule has 2 atom stereocenters. The van der Waals surface area contributed by atoms with E-state index in [0.29, 0.717) is 11.8 Å². The van der Waals surface area contributed by atoms with Gasteiger partial charge in [-0.15, -0.1) is 34.2 Å². The Bertz CT molecular complexity index is 541. The first-order chi connectivity index (χ1) is 11.3. The van der Waals surface area contributed by atoms with Gasteiger partial charge in [-0.25, -0.2) is 0 Å². The van der Waals surface area contributed by atoms with Crippen molar-refractivity contribution in [1.82, 2.24) is 25.4 Å². The second-order valence-electron chi connectivity index (χ2n) is 6.51. The van der Waals surface area contributed by atoms with E-state index in [2.05, 4.69) is 32.3 Å². The van der Waals surface area contributed by atoms with E-state index in [-0.39, 0.29) is 24.0 Å². The van der Waals surface area contributed by atoms with Crippen molar-refractivity contribution < 1.29 is 4.74 Å². The zero-order chi connectivity index (χ0) is 16.1. The molecular weight excluding hydrogens is 419 g/mol. The molecule has 1 aromatic rings. The van der Waals surface area contributed by atoms with E-state index in [1.54, 1.807) is 0 Å². The molecule has 8 heteroatoms. The number of nitrogens with one attached hydrogen (secondary N) is 2. The Kier molecular flexibility index (Phi) is 7.73. The molecule has 136 valence electrons. The zero-order valence-corrected chi connectivity index (χ0v) is 17.0. The average molecular weight is 448 g/mol. The van der Waals surface area contributed by atoms with Crippen molar-refractivity contribution in [2.45, 2.75) is 39.7 Å². The highest BCUT2D eigenvalue weighted by Gasteiger charge is 2.21. The highest BCUT2D eigenvalue weighted by Crippen LogP contribution is 2.20. The molecule has 7 nitrogen and oxygen atoms in total. The smallest absolute Gasteiger partial charge is 0.191 e. The molecule has 2 N–H and O–H groups in total. The molecule has 0 spiro atoms. The molecule has 3 heterocycles. The number of aromatic nitrogens is 3. The summed E-state index contributed by atoms with van der Waals surface area (Å²) >= 11 is 0. The number of guanidine groups is 1. The van der Waals surface area contributed by atoms with Gasteiger partial charge in [0.05, 0.1) is 6.61 Å². The predicted molar refractivity (Wildman–Crippen MR) is 105 cm³/mol. The Hall–Kier alpha value is -0.900. The summed E-state index contributed by atoms with van der Waals surface area (Å²) in [6.07, 6.45) is 3.28. The van der Waals surface area contributed by atoms with Crippen LogP contribution in [0.5, 0.6) is 0 Å². The normalized spacial score (nSPS) is 23.5. The summed E-state index contributed by atoms with van der Waals surface area (Å²) in [6, 6.07) is 0. The summed E-state index contributed by atoms with van der Waals surface area (Å²) in [4.78, 5) is 4.78. The number of rotatable bonds is 5. The second kappa shape index (κ2) is 9.55. The monoisotopic (exact) mass is 448 g/mol. The molecule has 0 radical (unpaired) electrons. The van der Waals surface area contributed by atoms with Crippen molar-refractivity contribution >= 4 is 29.9 Å². The summed E-state index contributed by atoms with van der Waals surface area (Å²) in [6.45, 7) is 9.52. The van der Waals surface area contributed by atoms with Crippen molar-refractivity contribution in [2.24, 2.45) is 16.8 Å². The quantitative estimate of drug-likeness (QED) is 0.404. The largest absolute Gasteiger partial charge is 0.381 e.